The molecule has 26 heavy (non-hydrogen) atoms. The summed E-state index contributed by atoms with van der Waals surface area (Å²) >= 11 is 0. The molecule has 2 aliphatic heterocycles. The molecule has 5 rings (SSSR count). The van der Waals surface area contributed by atoms with Crippen molar-refractivity contribution in [2.75, 3.05) is 31.1 Å². The molecule has 0 spiro atoms. The minimum atomic E-state index is -3.60. The summed E-state index contributed by atoms with van der Waals surface area (Å²) in [6, 6.07) is 6.99. The van der Waals surface area contributed by atoms with Crippen LogP contribution in [-0.2, 0) is 0 Å². The average Bonchev–Trinajstić information content (AvgIpc) is 3.13. The first-order chi connectivity index (χ1) is 12.6. The number of nitrogens with one attached hydrogen (secondary N) is 1. The molecule has 138 valence electrons. The molecule has 3 heterocycles. The molecular weight excluding hydrogens is 342 g/mol. The van der Waals surface area contributed by atoms with E-state index < -0.39 is 6.29 Å². The van der Waals surface area contributed by atoms with Crippen molar-refractivity contribution in [2.45, 2.75) is 31.5 Å². The number of nitrogens with zero attached hydrogens (tertiary/aromatic N) is 3. The van der Waals surface area contributed by atoms with Crippen LogP contribution >= 0.6 is 0 Å². The van der Waals surface area contributed by atoms with Crippen molar-refractivity contribution in [1.82, 2.24) is 15.1 Å². The van der Waals surface area contributed by atoms with Crippen molar-refractivity contribution in [3.63, 3.8) is 0 Å². The van der Waals surface area contributed by atoms with Gasteiger partial charge in [-0.3, -0.25) is 0 Å². The lowest BCUT2D eigenvalue weighted by atomic mass is 9.83. The molecule has 2 fully saturated rings. The minimum Gasteiger partial charge on any atom is -0.395 e. The van der Waals surface area contributed by atoms with Crippen LogP contribution in [0, 0.1) is 0 Å². The quantitative estimate of drug-likeness (QED) is 0.910. The van der Waals surface area contributed by atoms with Crippen LogP contribution < -0.4 is 19.7 Å². The first kappa shape index (κ1) is 15.9. The second-order valence-corrected chi connectivity index (χ2v) is 7.00. The van der Waals surface area contributed by atoms with Crippen molar-refractivity contribution < 1.29 is 18.3 Å². The van der Waals surface area contributed by atoms with E-state index in [4.69, 9.17) is 5.10 Å². The van der Waals surface area contributed by atoms with Gasteiger partial charge in [-0.1, -0.05) is 6.42 Å². The topological polar surface area (TPSA) is 51.5 Å². The number of anilines is 1. The summed E-state index contributed by atoms with van der Waals surface area (Å²) in [5.41, 5.74) is 1.85. The molecule has 1 saturated heterocycles. The van der Waals surface area contributed by atoms with Gasteiger partial charge < -0.3 is 19.7 Å². The van der Waals surface area contributed by atoms with Gasteiger partial charge in [0.2, 0.25) is 0 Å². The molecule has 1 saturated carbocycles. The number of halogens is 2. The summed E-state index contributed by atoms with van der Waals surface area (Å²) in [6.45, 7) is 3.69. The molecule has 1 aromatic heterocycles. The van der Waals surface area contributed by atoms with Gasteiger partial charge in [0.15, 0.2) is 17.3 Å². The predicted octanol–water partition coefficient (Wildman–Crippen LogP) is 2.87. The lowest BCUT2D eigenvalue weighted by molar-refractivity contribution is -0.286. The van der Waals surface area contributed by atoms with E-state index in [1.165, 1.54) is 12.5 Å². The standard InChI is InChI=1S/C18H20F2N4O2/c19-18(20)25-15-5-4-13(10-16(15)26-18)24-14(12-2-1-3-12)11-17(22-24)23-8-6-21-7-9-23/h4-5,10-12,21H,1-3,6-9H2. The van der Waals surface area contributed by atoms with E-state index >= 15 is 0 Å². The van der Waals surface area contributed by atoms with Gasteiger partial charge in [-0.2, -0.15) is 0 Å². The molecule has 8 heteroatoms. The molecule has 1 aliphatic carbocycles. The predicted molar refractivity (Wildman–Crippen MR) is 91.4 cm³/mol. The zero-order valence-electron chi connectivity index (χ0n) is 14.3. The van der Waals surface area contributed by atoms with Crippen molar-refractivity contribution in [3.05, 3.63) is 30.0 Å². The van der Waals surface area contributed by atoms with Gasteiger partial charge in [-0.05, 0) is 25.0 Å². The molecule has 3 aliphatic rings. The Balaban J connectivity index is 1.52. The molecule has 0 bridgehead atoms. The van der Waals surface area contributed by atoms with Crippen LogP contribution in [0.15, 0.2) is 24.3 Å². The van der Waals surface area contributed by atoms with E-state index in [2.05, 4.69) is 25.8 Å². The van der Waals surface area contributed by atoms with E-state index in [9.17, 15) is 8.78 Å². The molecule has 6 nitrogen and oxygen atoms in total. The Morgan fingerprint density at radius 2 is 1.85 bits per heavy atom. The van der Waals surface area contributed by atoms with Gasteiger partial charge in [-0.25, -0.2) is 4.68 Å². The highest BCUT2D eigenvalue weighted by molar-refractivity contribution is 5.53. The van der Waals surface area contributed by atoms with Crippen LogP contribution in [0.2, 0.25) is 0 Å². The summed E-state index contributed by atoms with van der Waals surface area (Å²) in [5.74, 6) is 1.51. The summed E-state index contributed by atoms with van der Waals surface area (Å²) < 4.78 is 37.6. The van der Waals surface area contributed by atoms with Crippen molar-refractivity contribution in [3.8, 4) is 17.2 Å². The highest BCUT2D eigenvalue weighted by atomic mass is 19.3. The van der Waals surface area contributed by atoms with Gasteiger partial charge >= 0.3 is 6.29 Å². The van der Waals surface area contributed by atoms with Gasteiger partial charge in [0, 0.05) is 49.9 Å². The van der Waals surface area contributed by atoms with E-state index in [0.717, 1.165) is 50.5 Å². The Morgan fingerprint density at radius 1 is 1.08 bits per heavy atom. The number of hydrogen-bond donors (Lipinski definition) is 1. The average molecular weight is 362 g/mol. The number of fused-ring (bicyclic) bond motifs is 1. The summed E-state index contributed by atoms with van der Waals surface area (Å²) in [4.78, 5) is 2.26. The highest BCUT2D eigenvalue weighted by Crippen LogP contribution is 2.43. The third kappa shape index (κ3) is 2.68. The van der Waals surface area contributed by atoms with Crippen LogP contribution in [0.3, 0.4) is 0 Å². The minimum absolute atomic E-state index is 0.0475. The number of hydrogen-bond acceptors (Lipinski definition) is 5. The van der Waals surface area contributed by atoms with Gasteiger partial charge in [-0.15, -0.1) is 13.9 Å². The summed E-state index contributed by atoms with van der Waals surface area (Å²) in [7, 11) is 0. The maximum atomic E-state index is 13.3. The van der Waals surface area contributed by atoms with E-state index in [1.807, 2.05) is 4.68 Å². The monoisotopic (exact) mass is 362 g/mol. The van der Waals surface area contributed by atoms with Gasteiger partial charge in [0.1, 0.15) is 0 Å². The third-order valence-electron chi connectivity index (χ3n) is 5.32. The molecule has 1 aromatic carbocycles. The largest absolute Gasteiger partial charge is 0.586 e. The zero-order valence-corrected chi connectivity index (χ0v) is 14.3. The maximum absolute atomic E-state index is 13.3. The highest BCUT2D eigenvalue weighted by Gasteiger charge is 2.43. The van der Waals surface area contributed by atoms with E-state index in [1.54, 1.807) is 12.1 Å². The number of ether oxygens (including phenoxy) is 2. The zero-order chi connectivity index (χ0) is 17.7. The number of rotatable bonds is 3. The number of benzene rings is 1. The van der Waals surface area contributed by atoms with Crippen molar-refractivity contribution in [2.24, 2.45) is 0 Å². The van der Waals surface area contributed by atoms with Crippen LogP contribution in [0.25, 0.3) is 5.69 Å². The van der Waals surface area contributed by atoms with Gasteiger partial charge in [0.05, 0.1) is 5.69 Å². The lowest BCUT2D eigenvalue weighted by Gasteiger charge is -2.27. The summed E-state index contributed by atoms with van der Waals surface area (Å²) in [5, 5.41) is 8.14. The fourth-order valence-electron chi connectivity index (χ4n) is 3.70. The maximum Gasteiger partial charge on any atom is 0.586 e. The first-order valence-corrected chi connectivity index (χ1v) is 9.05. The van der Waals surface area contributed by atoms with Crippen LogP contribution in [0.1, 0.15) is 30.9 Å². The Morgan fingerprint density at radius 3 is 2.58 bits per heavy atom. The molecule has 0 amide bonds. The van der Waals surface area contributed by atoms with Crippen molar-refractivity contribution in [1.29, 1.82) is 0 Å². The van der Waals surface area contributed by atoms with E-state index in [-0.39, 0.29) is 11.5 Å². The molecule has 2 aromatic rings. The summed E-state index contributed by atoms with van der Waals surface area (Å²) in [6.07, 6.45) is -0.120. The fourth-order valence-corrected chi connectivity index (χ4v) is 3.70. The normalized spacial score (nSPS) is 21.7. The Kier molecular flexibility index (Phi) is 3.56. The second-order valence-electron chi connectivity index (χ2n) is 7.00. The fraction of sp³-hybridized carbons (Fsp3) is 0.500. The third-order valence-corrected chi connectivity index (χ3v) is 5.32. The Labute approximate surface area is 149 Å². The molecular formula is C18H20F2N4O2. The molecule has 0 atom stereocenters. The Bertz CT molecular complexity index is 829. The van der Waals surface area contributed by atoms with Crippen molar-refractivity contribution >= 4 is 5.82 Å². The van der Waals surface area contributed by atoms with Crippen LogP contribution in [0.5, 0.6) is 11.5 Å². The smallest absolute Gasteiger partial charge is 0.395 e. The Hall–Kier alpha value is -2.35. The SMILES string of the molecule is FC1(F)Oc2ccc(-n3nc(N4CCNCC4)cc3C3CCC3)cc2O1. The number of alkyl halides is 2. The van der Waals surface area contributed by atoms with Gasteiger partial charge in [0.25, 0.3) is 0 Å². The molecule has 1 N–H and O–H groups in total. The molecule has 0 radical (unpaired) electrons. The van der Waals surface area contributed by atoms with Crippen LogP contribution in [0.4, 0.5) is 14.6 Å². The lowest BCUT2D eigenvalue weighted by Crippen LogP contribution is -2.43. The number of aromatic nitrogens is 2. The van der Waals surface area contributed by atoms with E-state index in [0.29, 0.717) is 11.6 Å². The number of piperazine rings is 1. The first-order valence-electron chi connectivity index (χ1n) is 9.05. The van der Waals surface area contributed by atoms with Crippen LogP contribution in [-0.4, -0.2) is 42.3 Å². The second kappa shape index (κ2) is 5.84. The molecule has 0 unspecified atom stereocenters.